The molecule has 0 spiro atoms. The number of carbonyl (C=O) groups is 6. The summed E-state index contributed by atoms with van der Waals surface area (Å²) in [4.78, 5) is 81.1. The number of hydrogen-bond acceptors (Lipinski definition) is 13. The van der Waals surface area contributed by atoms with E-state index in [1.54, 1.807) is 19.1 Å². The lowest BCUT2D eigenvalue weighted by molar-refractivity contribution is -0.199. The van der Waals surface area contributed by atoms with E-state index in [4.69, 9.17) is 37.0 Å². The molecule has 19 heteroatoms. The van der Waals surface area contributed by atoms with Crippen LogP contribution in [0.4, 0.5) is 0 Å². The Morgan fingerprint density at radius 2 is 1.26 bits per heavy atom. The van der Waals surface area contributed by atoms with Crippen LogP contribution in [0.25, 0.3) is 11.1 Å². The van der Waals surface area contributed by atoms with Gasteiger partial charge >= 0.3 is 13.1 Å². The number of ether oxygens (including phenoxy) is 1. The number of benzene rings is 2. The molecule has 68 heavy (non-hydrogen) atoms. The van der Waals surface area contributed by atoms with Gasteiger partial charge in [-0.15, -0.1) is 0 Å². The highest BCUT2D eigenvalue weighted by atomic mass is 16.7. The molecule has 9 atom stereocenters. The van der Waals surface area contributed by atoms with Crippen LogP contribution < -0.4 is 49.5 Å². The summed E-state index contributed by atoms with van der Waals surface area (Å²) in [6.07, 6.45) is 5.27. The molecule has 18 nitrogen and oxygen atoms in total. The van der Waals surface area contributed by atoms with E-state index in [-0.39, 0.29) is 49.7 Å². The summed E-state index contributed by atoms with van der Waals surface area (Å²) < 4.78 is 17.7. The largest absolute Gasteiger partial charge is 0.497 e. The first kappa shape index (κ1) is 54.0. The second-order valence-corrected chi connectivity index (χ2v) is 19.3. The van der Waals surface area contributed by atoms with Gasteiger partial charge in [-0.05, 0) is 144 Å². The maximum Gasteiger partial charge on any atom is 0.497 e. The van der Waals surface area contributed by atoms with Gasteiger partial charge < -0.3 is 63.6 Å². The number of amides is 5. The number of esters is 1. The van der Waals surface area contributed by atoms with Crippen molar-refractivity contribution >= 4 is 42.6 Å². The van der Waals surface area contributed by atoms with E-state index < -0.39 is 78.6 Å². The fourth-order valence-electron chi connectivity index (χ4n) is 9.83. The van der Waals surface area contributed by atoms with Gasteiger partial charge in [-0.2, -0.15) is 0 Å². The molecule has 4 fully saturated rings. The Morgan fingerprint density at radius 1 is 0.706 bits per heavy atom. The molecule has 6 rings (SSSR count). The lowest BCUT2D eigenvalue weighted by atomic mass is 9.43. The van der Waals surface area contributed by atoms with Gasteiger partial charge in [0.1, 0.15) is 24.2 Å². The molecule has 3 aliphatic carbocycles. The smallest absolute Gasteiger partial charge is 0.466 e. The van der Waals surface area contributed by atoms with Gasteiger partial charge in [0, 0.05) is 12.0 Å². The average Bonchev–Trinajstić information content (AvgIpc) is 3.69. The zero-order chi connectivity index (χ0) is 49.6. The molecule has 1 aliphatic heterocycles. The summed E-state index contributed by atoms with van der Waals surface area (Å²) in [6.45, 7) is 11.1. The maximum atomic E-state index is 14.0. The van der Waals surface area contributed by atoms with E-state index in [2.05, 4.69) is 71.6 Å². The Balaban J connectivity index is 1.22. The van der Waals surface area contributed by atoms with Crippen molar-refractivity contribution in [2.45, 2.75) is 160 Å². The second kappa shape index (κ2) is 25.1. The summed E-state index contributed by atoms with van der Waals surface area (Å²) >= 11 is 0. The molecular formula is C49H76BN9O9. The van der Waals surface area contributed by atoms with Crippen molar-refractivity contribution in [1.29, 1.82) is 0 Å². The van der Waals surface area contributed by atoms with Crippen molar-refractivity contribution in [3.05, 3.63) is 59.7 Å². The first-order valence-corrected chi connectivity index (χ1v) is 24.6. The molecule has 0 aromatic heterocycles. The van der Waals surface area contributed by atoms with Gasteiger partial charge in [-0.1, -0.05) is 63.6 Å². The Kier molecular flexibility index (Phi) is 19.9. The minimum Gasteiger partial charge on any atom is -0.466 e. The van der Waals surface area contributed by atoms with Crippen LogP contribution in [0.5, 0.6) is 0 Å². The van der Waals surface area contributed by atoms with Crippen LogP contribution >= 0.6 is 0 Å². The summed E-state index contributed by atoms with van der Waals surface area (Å²) in [6, 6.07) is 10.7. The van der Waals surface area contributed by atoms with Crippen molar-refractivity contribution in [2.24, 2.45) is 40.2 Å². The van der Waals surface area contributed by atoms with E-state index in [1.807, 2.05) is 19.1 Å². The highest BCUT2D eigenvalue weighted by Gasteiger charge is 2.68. The predicted molar refractivity (Wildman–Crippen MR) is 260 cm³/mol. The minimum absolute atomic E-state index is 0.0966. The molecule has 0 radical (unpaired) electrons. The monoisotopic (exact) mass is 946 g/mol. The lowest BCUT2D eigenvalue weighted by Crippen LogP contribution is -2.65. The summed E-state index contributed by atoms with van der Waals surface area (Å²) in [5, 5.41) is 13.2. The Morgan fingerprint density at radius 3 is 1.85 bits per heavy atom. The van der Waals surface area contributed by atoms with E-state index in [1.165, 1.54) is 5.56 Å². The minimum atomic E-state index is -1.69. The summed E-state index contributed by atoms with van der Waals surface area (Å²) in [5.74, 6) is -3.41. The van der Waals surface area contributed by atoms with E-state index in [0.29, 0.717) is 50.3 Å². The molecule has 1 saturated heterocycles. The normalized spacial score (nSPS) is 22.2. The number of rotatable bonds is 27. The summed E-state index contributed by atoms with van der Waals surface area (Å²) in [7, 11) is -0.906. The molecule has 13 N–H and O–H groups in total. The quantitative estimate of drug-likeness (QED) is 0.0270. The molecular weight excluding hydrogens is 869 g/mol. The first-order valence-electron chi connectivity index (χ1n) is 24.6. The van der Waals surface area contributed by atoms with Gasteiger partial charge in [-0.25, -0.2) is 0 Å². The molecule has 4 aliphatic rings. The van der Waals surface area contributed by atoms with Crippen molar-refractivity contribution in [3.8, 4) is 11.1 Å². The van der Waals surface area contributed by atoms with Gasteiger partial charge in [-0.3, -0.25) is 28.8 Å². The van der Waals surface area contributed by atoms with Crippen LogP contribution in [0, 0.1) is 17.3 Å². The number of carbonyl (C=O) groups excluding carboxylic acids is 6. The van der Waals surface area contributed by atoms with Crippen LogP contribution in [0.15, 0.2) is 48.5 Å². The van der Waals surface area contributed by atoms with Crippen LogP contribution in [0.3, 0.4) is 0 Å². The van der Waals surface area contributed by atoms with Crippen LogP contribution in [0.2, 0.25) is 0 Å². The van der Waals surface area contributed by atoms with Crippen molar-refractivity contribution in [1.82, 2.24) is 26.6 Å². The third-order valence-corrected chi connectivity index (χ3v) is 14.1. The van der Waals surface area contributed by atoms with Crippen molar-refractivity contribution in [2.75, 3.05) is 19.7 Å². The first-order chi connectivity index (χ1) is 32.4. The number of hydrogen-bond donors (Lipinski definition) is 9. The zero-order valence-electron chi connectivity index (χ0n) is 40.6. The zero-order valence-corrected chi connectivity index (χ0v) is 40.6. The Hall–Kier alpha value is -4.92. The summed E-state index contributed by atoms with van der Waals surface area (Å²) in [5.41, 5.74) is 27.2. The lowest BCUT2D eigenvalue weighted by Gasteiger charge is -2.64. The van der Waals surface area contributed by atoms with E-state index in [9.17, 15) is 28.8 Å². The number of aryl methyl sites for hydroxylation is 1. The second-order valence-electron chi connectivity index (χ2n) is 19.3. The molecule has 2 aromatic carbocycles. The van der Waals surface area contributed by atoms with Crippen molar-refractivity contribution < 1.29 is 42.8 Å². The standard InChI is InChI=1S/C49H76BN9O9/c1-6-8-13-30-16-18-31(19-17-30)32-20-22-33(23-21-32)42(61)55-35(14-9-11-26-51)43(62)56-37(24-25-40(60)66-7-2)44(63)58-41(53)46(65)57-36(15-10-12-27-52)45(64)59-47(54)50-67-39-29-34-28-38(48(34,3)4)49(39,5)68-50/h16-23,34-39,41,47H,6-15,24-29,51-54H2,1-5H3,(H,55,61)(H,56,62)(H,57,65)(H,58,63)(H,59,64)/t34-,35-,36-,37?,38-,39+,41+,47+,49-/m0/s1. The molecule has 2 aromatic rings. The highest BCUT2D eigenvalue weighted by molar-refractivity contribution is 6.47. The number of unbranched alkanes of at least 4 members (excludes halogenated alkanes) is 3. The van der Waals surface area contributed by atoms with Gasteiger partial charge in [0.2, 0.25) is 17.7 Å². The molecule has 2 bridgehead atoms. The van der Waals surface area contributed by atoms with Gasteiger partial charge in [0.25, 0.3) is 11.8 Å². The van der Waals surface area contributed by atoms with E-state index in [0.717, 1.165) is 43.2 Å². The third kappa shape index (κ3) is 13.9. The molecule has 5 amide bonds. The third-order valence-electron chi connectivity index (χ3n) is 14.1. The molecule has 1 unspecified atom stereocenters. The fourth-order valence-corrected chi connectivity index (χ4v) is 9.83. The topological polar surface area (TPSA) is 294 Å². The highest BCUT2D eigenvalue weighted by Crippen LogP contribution is 2.65. The fraction of sp³-hybridized carbons (Fsp3) is 0.633. The average molecular weight is 946 g/mol. The molecule has 3 saturated carbocycles. The van der Waals surface area contributed by atoms with Crippen LogP contribution in [-0.4, -0.2) is 104 Å². The van der Waals surface area contributed by atoms with Crippen LogP contribution in [-0.2, 0) is 44.4 Å². The predicted octanol–water partition coefficient (Wildman–Crippen LogP) is 2.44. The van der Waals surface area contributed by atoms with E-state index >= 15 is 0 Å². The van der Waals surface area contributed by atoms with Gasteiger partial charge in [0.15, 0.2) is 6.17 Å². The number of nitrogens with one attached hydrogen (secondary N) is 5. The maximum absolute atomic E-state index is 14.0. The van der Waals surface area contributed by atoms with Crippen molar-refractivity contribution in [3.63, 3.8) is 0 Å². The Bertz CT molecular complexity index is 2030. The molecule has 374 valence electrons. The Labute approximate surface area is 401 Å². The SMILES string of the molecule is CCCCc1ccc(-c2ccc(C(=O)N[C@@H](CCCCN)C(=O)NC(CCC(=O)OCC)C(=O)N[C@@H](N)C(=O)N[C@@H](CCCCN)C(=O)N[C@@H](N)B3O[C@@H]4C[C@@H]5C[C@@H](C5(C)C)[C@]4(C)O3)cc2)cc1. The van der Waals surface area contributed by atoms with Gasteiger partial charge in [0.05, 0.1) is 18.3 Å². The van der Waals surface area contributed by atoms with Crippen LogP contribution in [0.1, 0.15) is 128 Å². The molecule has 1 heterocycles. The number of nitrogens with two attached hydrogens (primary N) is 4.